The molecule has 138 valence electrons. The summed E-state index contributed by atoms with van der Waals surface area (Å²) >= 11 is 0. The first-order valence-corrected chi connectivity index (χ1v) is 8.44. The number of ketones is 1. The zero-order chi connectivity index (χ0) is 17.3. The van der Waals surface area contributed by atoms with Crippen molar-refractivity contribution in [1.29, 1.82) is 0 Å². The molecule has 2 atom stereocenters. The van der Waals surface area contributed by atoms with E-state index in [-0.39, 0.29) is 48.5 Å². The molecule has 3 rings (SSSR count). The van der Waals surface area contributed by atoms with Crippen molar-refractivity contribution in [3.05, 3.63) is 35.4 Å². The number of rotatable bonds is 5. The lowest BCUT2D eigenvalue weighted by molar-refractivity contribution is -0.132. The molecule has 1 aromatic rings. The number of Topliss-reactive ketones (excluding diaryl/α,β-unsaturated/α-hetero) is 1. The molecule has 0 aliphatic carbocycles. The number of fused-ring (bicyclic) bond motifs is 2. The van der Waals surface area contributed by atoms with Crippen LogP contribution in [-0.4, -0.2) is 41.8 Å². The maximum Gasteiger partial charge on any atom is 0.223 e. The lowest BCUT2D eigenvalue weighted by Crippen LogP contribution is -2.48. The minimum absolute atomic E-state index is 0. The molecule has 0 saturated carbocycles. The highest BCUT2D eigenvalue weighted by molar-refractivity contribution is 5.97. The van der Waals surface area contributed by atoms with Gasteiger partial charge in [-0.15, -0.1) is 12.4 Å². The Labute approximate surface area is 152 Å². The van der Waals surface area contributed by atoms with Gasteiger partial charge in [0, 0.05) is 43.6 Å². The van der Waals surface area contributed by atoms with Gasteiger partial charge in [0.05, 0.1) is 0 Å². The predicted molar refractivity (Wildman–Crippen MR) is 92.9 cm³/mol. The molecule has 4 nitrogen and oxygen atoms in total. The normalized spacial score (nSPS) is 24.5. The average molecular weight is 373 g/mol. The van der Waals surface area contributed by atoms with Crippen molar-refractivity contribution in [2.24, 2.45) is 0 Å². The number of benzene rings is 1. The van der Waals surface area contributed by atoms with E-state index in [1.165, 1.54) is 6.07 Å². The Morgan fingerprint density at radius 3 is 2.36 bits per heavy atom. The number of carbonyl (C=O) groups excluding carboxylic acids is 2. The zero-order valence-electron chi connectivity index (χ0n) is 14.1. The van der Waals surface area contributed by atoms with Crippen LogP contribution in [0.5, 0.6) is 0 Å². The summed E-state index contributed by atoms with van der Waals surface area (Å²) in [6, 6.07) is 4.27. The number of nitrogens with zero attached hydrogens (tertiary/aromatic N) is 1. The van der Waals surface area contributed by atoms with Gasteiger partial charge in [0.25, 0.3) is 0 Å². The Morgan fingerprint density at radius 2 is 1.76 bits per heavy atom. The van der Waals surface area contributed by atoms with Crippen LogP contribution in [0.4, 0.5) is 8.78 Å². The van der Waals surface area contributed by atoms with Crippen molar-refractivity contribution in [2.75, 3.05) is 7.05 Å². The molecule has 2 fully saturated rings. The summed E-state index contributed by atoms with van der Waals surface area (Å²) in [5, 5.41) is 3.54. The van der Waals surface area contributed by atoms with Gasteiger partial charge in [0.1, 0.15) is 0 Å². The van der Waals surface area contributed by atoms with E-state index in [0.717, 1.165) is 37.8 Å². The first kappa shape index (κ1) is 19.8. The zero-order valence-corrected chi connectivity index (χ0v) is 15.0. The SMILES string of the molecule is CN(C(=O)CCC(=O)c1ccc(F)c(F)c1)C1CC2CCC(C1)N2.Cl. The first-order chi connectivity index (χ1) is 11.4. The lowest BCUT2D eigenvalue weighted by Gasteiger charge is -2.35. The summed E-state index contributed by atoms with van der Waals surface area (Å²) in [6.45, 7) is 0. The van der Waals surface area contributed by atoms with Crippen LogP contribution in [0.2, 0.25) is 0 Å². The highest BCUT2D eigenvalue weighted by atomic mass is 35.5. The summed E-state index contributed by atoms with van der Waals surface area (Å²) in [5.74, 6) is -2.45. The molecule has 2 bridgehead atoms. The van der Waals surface area contributed by atoms with Crippen molar-refractivity contribution < 1.29 is 18.4 Å². The highest BCUT2D eigenvalue weighted by Crippen LogP contribution is 2.29. The fourth-order valence-electron chi connectivity index (χ4n) is 3.76. The van der Waals surface area contributed by atoms with Gasteiger partial charge in [-0.1, -0.05) is 0 Å². The van der Waals surface area contributed by atoms with Crippen LogP contribution >= 0.6 is 12.4 Å². The van der Waals surface area contributed by atoms with Crippen LogP contribution < -0.4 is 5.32 Å². The van der Waals surface area contributed by atoms with Crippen molar-refractivity contribution >= 4 is 24.1 Å². The maximum absolute atomic E-state index is 13.2. The molecule has 0 radical (unpaired) electrons. The third-order valence-corrected chi connectivity index (χ3v) is 5.20. The molecule has 1 aromatic carbocycles. The maximum atomic E-state index is 13.2. The van der Waals surface area contributed by atoms with Crippen LogP contribution in [0.1, 0.15) is 48.9 Å². The van der Waals surface area contributed by atoms with Crippen molar-refractivity contribution in [2.45, 2.75) is 56.7 Å². The van der Waals surface area contributed by atoms with E-state index in [9.17, 15) is 18.4 Å². The van der Waals surface area contributed by atoms with E-state index in [1.807, 2.05) is 0 Å². The number of halogens is 3. The molecule has 2 unspecified atom stereocenters. The molecule has 25 heavy (non-hydrogen) atoms. The van der Waals surface area contributed by atoms with Crippen LogP contribution in [0.3, 0.4) is 0 Å². The Hall–Kier alpha value is -1.53. The number of nitrogens with one attached hydrogen (secondary N) is 1. The molecule has 1 N–H and O–H groups in total. The molecule has 2 aliphatic rings. The Morgan fingerprint density at radius 1 is 1.12 bits per heavy atom. The van der Waals surface area contributed by atoms with Gasteiger partial charge in [-0.3, -0.25) is 9.59 Å². The van der Waals surface area contributed by atoms with E-state index in [1.54, 1.807) is 11.9 Å². The minimum atomic E-state index is -1.05. The Balaban J connectivity index is 0.00000225. The standard InChI is InChI=1S/C18H22F2N2O2.ClH/c1-22(14-9-12-3-4-13(10-14)21-12)18(24)7-6-17(23)11-2-5-15(19)16(20)8-11;/h2,5,8,12-14,21H,3-4,6-7,9-10H2,1H3;1H. The summed E-state index contributed by atoms with van der Waals surface area (Å²) < 4.78 is 26.1. The molecule has 0 aromatic heterocycles. The number of amides is 1. The van der Waals surface area contributed by atoms with Crippen molar-refractivity contribution in [3.8, 4) is 0 Å². The molecular weight excluding hydrogens is 350 g/mol. The molecule has 7 heteroatoms. The molecule has 2 saturated heterocycles. The van der Waals surface area contributed by atoms with E-state index in [2.05, 4.69) is 5.32 Å². The molecule has 1 amide bonds. The number of hydrogen-bond donors (Lipinski definition) is 1. The number of carbonyl (C=O) groups is 2. The lowest BCUT2D eigenvalue weighted by atomic mass is 9.98. The topological polar surface area (TPSA) is 49.4 Å². The second-order valence-corrected chi connectivity index (χ2v) is 6.82. The highest BCUT2D eigenvalue weighted by Gasteiger charge is 2.36. The molecule has 2 heterocycles. The van der Waals surface area contributed by atoms with Gasteiger partial charge in [0.2, 0.25) is 5.91 Å². The van der Waals surface area contributed by atoms with Gasteiger partial charge in [-0.2, -0.15) is 0 Å². The number of hydrogen-bond acceptors (Lipinski definition) is 3. The van der Waals surface area contributed by atoms with Gasteiger partial charge < -0.3 is 10.2 Å². The largest absolute Gasteiger partial charge is 0.343 e. The fourth-order valence-corrected chi connectivity index (χ4v) is 3.76. The van der Waals surface area contributed by atoms with E-state index in [0.29, 0.717) is 12.1 Å². The third-order valence-electron chi connectivity index (χ3n) is 5.20. The second kappa shape index (κ2) is 8.23. The van der Waals surface area contributed by atoms with Crippen molar-refractivity contribution in [3.63, 3.8) is 0 Å². The summed E-state index contributed by atoms with van der Waals surface area (Å²) in [4.78, 5) is 26.2. The van der Waals surface area contributed by atoms with Crippen LogP contribution in [0.15, 0.2) is 18.2 Å². The quantitative estimate of drug-likeness (QED) is 0.808. The summed E-state index contributed by atoms with van der Waals surface area (Å²) in [6.07, 6.45) is 4.33. The summed E-state index contributed by atoms with van der Waals surface area (Å²) in [5.41, 5.74) is 0.101. The van der Waals surface area contributed by atoms with Crippen molar-refractivity contribution in [1.82, 2.24) is 10.2 Å². The van der Waals surface area contributed by atoms with Crippen LogP contribution in [-0.2, 0) is 4.79 Å². The average Bonchev–Trinajstić information content (AvgIpc) is 2.92. The van der Waals surface area contributed by atoms with Crippen LogP contribution in [0.25, 0.3) is 0 Å². The van der Waals surface area contributed by atoms with Gasteiger partial charge in [-0.05, 0) is 43.9 Å². The Kier molecular flexibility index (Phi) is 6.52. The molecule has 2 aliphatic heterocycles. The summed E-state index contributed by atoms with van der Waals surface area (Å²) in [7, 11) is 1.79. The van der Waals surface area contributed by atoms with Gasteiger partial charge >= 0.3 is 0 Å². The Bertz CT molecular complexity index is 644. The predicted octanol–water partition coefficient (Wildman–Crippen LogP) is 3.09. The monoisotopic (exact) mass is 372 g/mol. The fraction of sp³-hybridized carbons (Fsp3) is 0.556. The minimum Gasteiger partial charge on any atom is -0.343 e. The van der Waals surface area contributed by atoms with E-state index in [4.69, 9.17) is 0 Å². The van der Waals surface area contributed by atoms with Gasteiger partial charge in [-0.25, -0.2) is 8.78 Å². The molecular formula is C18H23ClF2N2O2. The van der Waals surface area contributed by atoms with E-state index < -0.39 is 11.6 Å². The first-order valence-electron chi connectivity index (χ1n) is 8.44. The third kappa shape index (κ3) is 4.55. The van der Waals surface area contributed by atoms with Crippen LogP contribution in [0, 0.1) is 11.6 Å². The smallest absolute Gasteiger partial charge is 0.223 e. The molecule has 0 spiro atoms. The number of piperidine rings is 1. The van der Waals surface area contributed by atoms with Gasteiger partial charge in [0.15, 0.2) is 17.4 Å². The second-order valence-electron chi connectivity index (χ2n) is 6.82. The van der Waals surface area contributed by atoms with E-state index >= 15 is 0 Å².